The number of piperidine rings is 1. The Kier molecular flexibility index (Phi) is 6.00. The highest BCUT2D eigenvalue weighted by Gasteiger charge is 2.34. The van der Waals surface area contributed by atoms with Crippen LogP contribution in [-0.4, -0.2) is 61.6 Å². The van der Waals surface area contributed by atoms with Gasteiger partial charge in [-0.3, -0.25) is 9.89 Å². The first kappa shape index (κ1) is 18.9. The highest BCUT2D eigenvalue weighted by atomic mass is 32.2. The van der Waals surface area contributed by atoms with Crippen LogP contribution in [0.15, 0.2) is 4.90 Å². The Morgan fingerprint density at radius 2 is 2.00 bits per heavy atom. The van der Waals surface area contributed by atoms with Crippen LogP contribution in [0.3, 0.4) is 0 Å². The molecule has 1 aliphatic rings. The van der Waals surface area contributed by atoms with Gasteiger partial charge in [0.25, 0.3) is 0 Å². The fourth-order valence-electron chi connectivity index (χ4n) is 2.91. The summed E-state index contributed by atoms with van der Waals surface area (Å²) in [5, 5.41) is 12.7. The molecule has 1 fully saturated rings. The van der Waals surface area contributed by atoms with Crippen molar-refractivity contribution in [1.29, 1.82) is 0 Å². The van der Waals surface area contributed by atoms with Gasteiger partial charge < -0.3 is 10.6 Å². The van der Waals surface area contributed by atoms with Gasteiger partial charge >= 0.3 is 0 Å². The molecular formula is C15H27N5O3S. The van der Waals surface area contributed by atoms with Crippen LogP contribution in [0.4, 0.5) is 0 Å². The number of carbonyl (C=O) groups excluding carboxylic acids is 1. The summed E-state index contributed by atoms with van der Waals surface area (Å²) < 4.78 is 27.0. The van der Waals surface area contributed by atoms with E-state index in [2.05, 4.69) is 20.8 Å². The highest BCUT2D eigenvalue weighted by Crippen LogP contribution is 2.26. The van der Waals surface area contributed by atoms with Crippen molar-refractivity contribution in [2.75, 3.05) is 26.7 Å². The van der Waals surface area contributed by atoms with Gasteiger partial charge in [0.2, 0.25) is 15.9 Å². The normalized spacial score (nSPS) is 18.5. The monoisotopic (exact) mass is 357 g/mol. The topological polar surface area (TPSA) is 107 Å². The van der Waals surface area contributed by atoms with E-state index >= 15 is 0 Å². The number of carbonyl (C=O) groups is 1. The quantitative estimate of drug-likeness (QED) is 0.672. The van der Waals surface area contributed by atoms with E-state index in [9.17, 15) is 13.2 Å². The third kappa shape index (κ3) is 3.96. The Hall–Kier alpha value is -1.45. The molecule has 1 aromatic heterocycles. The average Bonchev–Trinajstić information content (AvgIpc) is 2.91. The molecule has 1 unspecified atom stereocenters. The molecule has 24 heavy (non-hydrogen) atoms. The molecule has 0 bridgehead atoms. The molecule has 1 atom stereocenters. The van der Waals surface area contributed by atoms with Crippen molar-refractivity contribution < 1.29 is 13.2 Å². The number of aryl methyl sites for hydroxylation is 2. The second-order valence-corrected chi connectivity index (χ2v) is 8.25. The van der Waals surface area contributed by atoms with Crippen molar-refractivity contribution in [3.8, 4) is 0 Å². The number of aromatic amines is 1. The van der Waals surface area contributed by atoms with Gasteiger partial charge in [-0.1, -0.05) is 0 Å². The van der Waals surface area contributed by atoms with E-state index in [1.807, 2.05) is 14.0 Å². The first-order valence-electron chi connectivity index (χ1n) is 8.24. The first-order chi connectivity index (χ1) is 11.3. The molecule has 9 heteroatoms. The summed E-state index contributed by atoms with van der Waals surface area (Å²) in [5.74, 6) is -0.128. The van der Waals surface area contributed by atoms with Gasteiger partial charge in [-0.2, -0.15) is 9.40 Å². The zero-order valence-electron chi connectivity index (χ0n) is 14.7. The lowest BCUT2D eigenvalue weighted by Gasteiger charge is -2.30. The predicted molar refractivity (Wildman–Crippen MR) is 91.1 cm³/mol. The minimum atomic E-state index is -3.56. The number of nitrogens with one attached hydrogen (secondary N) is 3. The van der Waals surface area contributed by atoms with E-state index in [1.54, 1.807) is 13.8 Å². The highest BCUT2D eigenvalue weighted by molar-refractivity contribution is 7.89. The number of H-pyrrole nitrogens is 1. The van der Waals surface area contributed by atoms with Crippen LogP contribution in [0.5, 0.6) is 0 Å². The van der Waals surface area contributed by atoms with E-state index in [0.29, 0.717) is 43.9 Å². The maximum atomic E-state index is 12.8. The molecule has 1 saturated heterocycles. The molecule has 2 heterocycles. The number of sulfonamides is 1. The van der Waals surface area contributed by atoms with Crippen LogP contribution in [0.25, 0.3) is 0 Å². The average molecular weight is 357 g/mol. The van der Waals surface area contributed by atoms with E-state index in [4.69, 9.17) is 0 Å². The summed E-state index contributed by atoms with van der Waals surface area (Å²) in [7, 11) is -1.71. The summed E-state index contributed by atoms with van der Waals surface area (Å²) >= 11 is 0. The summed E-state index contributed by atoms with van der Waals surface area (Å²) in [6.45, 7) is 6.65. The zero-order chi connectivity index (χ0) is 17.9. The predicted octanol–water partition coefficient (Wildman–Crippen LogP) is 0.151. The van der Waals surface area contributed by atoms with Gasteiger partial charge in [0, 0.05) is 31.6 Å². The molecule has 2 rings (SSSR count). The minimum absolute atomic E-state index is 0.00446. The summed E-state index contributed by atoms with van der Waals surface area (Å²) in [6, 6.07) is 0.210. The SMILES string of the molecule is CNC(C)CNC(=O)C1CCN(S(=O)(=O)c2c(C)n[nH]c2C)CC1. The fraction of sp³-hybridized carbons (Fsp3) is 0.733. The Morgan fingerprint density at radius 3 is 2.50 bits per heavy atom. The summed E-state index contributed by atoms with van der Waals surface area (Å²) in [5.41, 5.74) is 1.03. The maximum absolute atomic E-state index is 12.8. The van der Waals surface area contributed by atoms with Crippen LogP contribution in [0.1, 0.15) is 31.2 Å². The third-order valence-electron chi connectivity index (χ3n) is 4.56. The summed E-state index contributed by atoms with van der Waals surface area (Å²) in [4.78, 5) is 12.4. The van der Waals surface area contributed by atoms with Crippen LogP contribution < -0.4 is 10.6 Å². The molecule has 1 aromatic rings. The van der Waals surface area contributed by atoms with Crippen LogP contribution in [-0.2, 0) is 14.8 Å². The van der Waals surface area contributed by atoms with E-state index < -0.39 is 10.0 Å². The van der Waals surface area contributed by atoms with E-state index in [0.717, 1.165) is 0 Å². The molecule has 8 nitrogen and oxygen atoms in total. The largest absolute Gasteiger partial charge is 0.354 e. The lowest BCUT2D eigenvalue weighted by Crippen LogP contribution is -2.45. The van der Waals surface area contributed by atoms with Gasteiger partial charge in [-0.05, 0) is 40.7 Å². The van der Waals surface area contributed by atoms with Crippen molar-refractivity contribution in [2.45, 2.75) is 44.6 Å². The zero-order valence-corrected chi connectivity index (χ0v) is 15.5. The lowest BCUT2D eigenvalue weighted by atomic mass is 9.97. The standard InChI is InChI=1S/C15H27N5O3S/c1-10(16-4)9-17-15(21)13-5-7-20(8-6-13)24(22,23)14-11(2)18-19-12(14)3/h10,13,16H,5-9H2,1-4H3,(H,17,21)(H,18,19). The molecule has 0 saturated carbocycles. The van der Waals surface area contributed by atoms with Crippen LogP contribution in [0.2, 0.25) is 0 Å². The van der Waals surface area contributed by atoms with Gasteiger partial charge in [-0.15, -0.1) is 0 Å². The van der Waals surface area contributed by atoms with Crippen molar-refractivity contribution in [1.82, 2.24) is 25.1 Å². The van der Waals surface area contributed by atoms with Crippen molar-refractivity contribution in [2.24, 2.45) is 5.92 Å². The van der Waals surface area contributed by atoms with Crippen LogP contribution in [0, 0.1) is 19.8 Å². The third-order valence-corrected chi connectivity index (χ3v) is 6.72. The summed E-state index contributed by atoms with van der Waals surface area (Å²) in [6.07, 6.45) is 1.07. The first-order valence-corrected chi connectivity index (χ1v) is 9.68. The molecule has 0 aromatic carbocycles. The number of nitrogens with zero attached hydrogens (tertiary/aromatic N) is 2. The Labute approximate surface area is 143 Å². The van der Waals surface area contributed by atoms with Crippen molar-refractivity contribution >= 4 is 15.9 Å². The number of aromatic nitrogens is 2. The lowest BCUT2D eigenvalue weighted by molar-refractivity contribution is -0.126. The van der Waals surface area contributed by atoms with Crippen LogP contribution >= 0.6 is 0 Å². The molecule has 0 spiro atoms. The maximum Gasteiger partial charge on any atom is 0.246 e. The smallest absolute Gasteiger partial charge is 0.246 e. The van der Waals surface area contributed by atoms with Crippen molar-refractivity contribution in [3.05, 3.63) is 11.4 Å². The Balaban J connectivity index is 1.96. The van der Waals surface area contributed by atoms with Gasteiger partial charge in [0.15, 0.2) is 0 Å². The van der Waals surface area contributed by atoms with Gasteiger partial charge in [0.05, 0.1) is 11.4 Å². The second kappa shape index (κ2) is 7.62. The van der Waals surface area contributed by atoms with Gasteiger partial charge in [0.1, 0.15) is 4.90 Å². The van der Waals surface area contributed by atoms with E-state index in [1.165, 1.54) is 4.31 Å². The molecule has 1 amide bonds. The molecule has 0 aliphatic carbocycles. The number of rotatable bonds is 6. The number of likely N-dealkylation sites (N-methyl/N-ethyl adjacent to an activating group) is 1. The van der Waals surface area contributed by atoms with Crippen molar-refractivity contribution in [3.63, 3.8) is 0 Å². The molecule has 136 valence electrons. The van der Waals surface area contributed by atoms with E-state index in [-0.39, 0.29) is 22.8 Å². The molecular weight excluding hydrogens is 330 g/mol. The van der Waals surface area contributed by atoms with Gasteiger partial charge in [-0.25, -0.2) is 8.42 Å². The fourth-order valence-corrected chi connectivity index (χ4v) is 4.71. The molecule has 0 radical (unpaired) electrons. The minimum Gasteiger partial charge on any atom is -0.354 e. The second-order valence-electron chi connectivity index (χ2n) is 6.38. The number of amides is 1. The molecule has 1 aliphatic heterocycles. The molecule has 3 N–H and O–H groups in total. The number of hydrogen-bond donors (Lipinski definition) is 3. The Morgan fingerprint density at radius 1 is 1.38 bits per heavy atom. The Bertz CT molecular complexity index is 658. The number of hydrogen-bond acceptors (Lipinski definition) is 5.